The SMILES string of the molecule is CN1C(=O)N(C)[C@@H]2[C@@H]1NC(=O)N2CC(=O)Nc1ccc(N2CCCCC2)c(F)c1. The lowest BCUT2D eigenvalue weighted by Gasteiger charge is -2.29. The molecule has 9 nitrogen and oxygen atoms in total. The van der Waals surface area contributed by atoms with E-state index in [0.29, 0.717) is 11.4 Å². The molecule has 0 bridgehead atoms. The van der Waals surface area contributed by atoms with Crippen molar-refractivity contribution in [1.29, 1.82) is 0 Å². The predicted molar refractivity (Wildman–Crippen MR) is 105 cm³/mol. The Morgan fingerprint density at radius 3 is 2.59 bits per heavy atom. The second-order valence-electron chi connectivity index (χ2n) is 7.70. The van der Waals surface area contributed by atoms with Crippen molar-refractivity contribution in [3.63, 3.8) is 0 Å². The van der Waals surface area contributed by atoms with Crippen molar-refractivity contribution in [1.82, 2.24) is 20.0 Å². The molecule has 3 aliphatic heterocycles. The summed E-state index contributed by atoms with van der Waals surface area (Å²) in [6.07, 6.45) is 2.18. The third-order valence-electron chi connectivity index (χ3n) is 5.79. The van der Waals surface area contributed by atoms with Crippen LogP contribution in [0, 0.1) is 5.82 Å². The predicted octanol–water partition coefficient (Wildman–Crippen LogP) is 1.43. The molecule has 0 radical (unpaired) electrons. The summed E-state index contributed by atoms with van der Waals surface area (Å²) in [5.74, 6) is -0.840. The molecule has 1 aromatic rings. The maximum Gasteiger partial charge on any atom is 0.323 e. The number of amides is 5. The lowest BCUT2D eigenvalue weighted by Crippen LogP contribution is -2.47. The number of urea groups is 2. The highest BCUT2D eigenvalue weighted by atomic mass is 19.1. The third kappa shape index (κ3) is 3.43. The van der Waals surface area contributed by atoms with Crippen molar-refractivity contribution in [2.45, 2.75) is 31.6 Å². The molecular weight excluding hydrogens is 379 g/mol. The highest BCUT2D eigenvalue weighted by molar-refractivity contribution is 5.95. The van der Waals surface area contributed by atoms with Gasteiger partial charge in [0.25, 0.3) is 0 Å². The number of nitrogens with zero attached hydrogens (tertiary/aromatic N) is 4. The van der Waals surface area contributed by atoms with Crippen molar-refractivity contribution in [2.24, 2.45) is 0 Å². The monoisotopic (exact) mass is 404 g/mol. The summed E-state index contributed by atoms with van der Waals surface area (Å²) in [6.45, 7) is 1.42. The highest BCUT2D eigenvalue weighted by Gasteiger charge is 2.52. The van der Waals surface area contributed by atoms with Gasteiger partial charge < -0.3 is 25.3 Å². The van der Waals surface area contributed by atoms with Crippen LogP contribution in [0.2, 0.25) is 0 Å². The molecule has 1 aromatic carbocycles. The first-order valence-electron chi connectivity index (χ1n) is 9.78. The number of hydrogen-bond acceptors (Lipinski definition) is 4. The van der Waals surface area contributed by atoms with E-state index in [4.69, 9.17) is 0 Å². The van der Waals surface area contributed by atoms with Gasteiger partial charge in [-0.1, -0.05) is 0 Å². The van der Waals surface area contributed by atoms with E-state index in [0.717, 1.165) is 32.4 Å². The summed E-state index contributed by atoms with van der Waals surface area (Å²) in [5.41, 5.74) is 0.871. The van der Waals surface area contributed by atoms with Gasteiger partial charge in [0.2, 0.25) is 5.91 Å². The molecule has 3 saturated heterocycles. The highest BCUT2D eigenvalue weighted by Crippen LogP contribution is 2.27. The van der Waals surface area contributed by atoms with Crippen molar-refractivity contribution in [2.75, 3.05) is 43.9 Å². The van der Waals surface area contributed by atoms with E-state index in [-0.39, 0.29) is 18.4 Å². The normalized spacial score (nSPS) is 24.1. The van der Waals surface area contributed by atoms with E-state index in [9.17, 15) is 18.8 Å². The van der Waals surface area contributed by atoms with Crippen LogP contribution in [0.5, 0.6) is 0 Å². The first-order chi connectivity index (χ1) is 13.9. The molecule has 0 aromatic heterocycles. The van der Waals surface area contributed by atoms with Crippen LogP contribution in [0.4, 0.5) is 25.4 Å². The second-order valence-corrected chi connectivity index (χ2v) is 7.70. The summed E-state index contributed by atoms with van der Waals surface area (Å²) in [6, 6.07) is 3.98. The average molecular weight is 404 g/mol. The number of likely N-dealkylation sites (N-methyl/N-ethyl adjacent to an activating group) is 2. The molecule has 3 fully saturated rings. The lowest BCUT2D eigenvalue weighted by molar-refractivity contribution is -0.117. The van der Waals surface area contributed by atoms with Crippen molar-refractivity contribution in [3.05, 3.63) is 24.0 Å². The van der Waals surface area contributed by atoms with Gasteiger partial charge in [0.05, 0.1) is 5.69 Å². The minimum atomic E-state index is -0.566. The number of fused-ring (bicyclic) bond motifs is 1. The van der Waals surface area contributed by atoms with Crippen LogP contribution in [-0.4, -0.2) is 78.7 Å². The van der Waals surface area contributed by atoms with Crippen LogP contribution >= 0.6 is 0 Å². The van der Waals surface area contributed by atoms with Gasteiger partial charge in [-0.05, 0) is 37.5 Å². The zero-order valence-electron chi connectivity index (χ0n) is 16.5. The molecule has 0 saturated carbocycles. The van der Waals surface area contributed by atoms with E-state index in [1.165, 1.54) is 20.8 Å². The summed E-state index contributed by atoms with van der Waals surface area (Å²) >= 11 is 0. The molecule has 4 rings (SSSR count). The second kappa shape index (κ2) is 7.41. The lowest BCUT2D eigenvalue weighted by atomic mass is 10.1. The Balaban J connectivity index is 1.41. The molecule has 156 valence electrons. The van der Waals surface area contributed by atoms with Crippen LogP contribution in [0.1, 0.15) is 19.3 Å². The first-order valence-corrected chi connectivity index (χ1v) is 9.78. The van der Waals surface area contributed by atoms with E-state index >= 15 is 0 Å². The van der Waals surface area contributed by atoms with Gasteiger partial charge in [-0.25, -0.2) is 14.0 Å². The van der Waals surface area contributed by atoms with Crippen molar-refractivity contribution >= 4 is 29.3 Å². The summed E-state index contributed by atoms with van der Waals surface area (Å²) in [7, 11) is 3.18. The quantitative estimate of drug-likeness (QED) is 0.795. The largest absolute Gasteiger partial charge is 0.369 e. The van der Waals surface area contributed by atoms with E-state index in [2.05, 4.69) is 10.6 Å². The van der Waals surface area contributed by atoms with Gasteiger partial charge in [-0.2, -0.15) is 0 Å². The standard InChI is InChI=1S/C19H25FN6O3/c1-23-16-17(24(2)19(23)29)26(18(28)22-16)11-15(27)21-12-6-7-14(13(20)10-12)25-8-4-3-5-9-25/h6-7,10,16-17H,3-5,8-9,11H2,1-2H3,(H,21,27)(H,22,28)/t16-,17+/m1/s1. The fourth-order valence-electron chi connectivity index (χ4n) is 4.27. The van der Waals surface area contributed by atoms with Crippen LogP contribution in [0.3, 0.4) is 0 Å². The Morgan fingerprint density at radius 1 is 1.17 bits per heavy atom. The number of piperidine rings is 1. The molecule has 10 heteroatoms. The van der Waals surface area contributed by atoms with Gasteiger partial charge >= 0.3 is 12.1 Å². The van der Waals surface area contributed by atoms with Crippen LogP contribution in [-0.2, 0) is 4.79 Å². The van der Waals surface area contributed by atoms with Crippen molar-refractivity contribution < 1.29 is 18.8 Å². The van der Waals surface area contributed by atoms with E-state index < -0.39 is 24.3 Å². The maximum absolute atomic E-state index is 14.5. The molecule has 29 heavy (non-hydrogen) atoms. The molecule has 2 atom stereocenters. The number of hydrogen-bond donors (Lipinski definition) is 2. The Bertz CT molecular complexity index is 843. The summed E-state index contributed by atoms with van der Waals surface area (Å²) in [4.78, 5) is 43.0. The number of benzene rings is 1. The van der Waals surface area contributed by atoms with Crippen LogP contribution in [0.25, 0.3) is 0 Å². The Labute approximate surface area is 168 Å². The number of halogens is 1. The minimum absolute atomic E-state index is 0.235. The van der Waals surface area contributed by atoms with Gasteiger partial charge in [0, 0.05) is 32.9 Å². The molecule has 0 spiro atoms. The third-order valence-corrected chi connectivity index (χ3v) is 5.79. The van der Waals surface area contributed by atoms with E-state index in [1.54, 1.807) is 26.2 Å². The fourth-order valence-corrected chi connectivity index (χ4v) is 4.27. The number of carbonyl (C=O) groups is 3. The zero-order chi connectivity index (χ0) is 20.7. The Kier molecular flexibility index (Phi) is 4.93. The Hall–Kier alpha value is -3.04. The number of rotatable bonds is 4. The number of carbonyl (C=O) groups excluding carboxylic acids is 3. The molecule has 0 aliphatic carbocycles. The first kappa shape index (κ1) is 19.3. The molecular formula is C19H25FN6O3. The smallest absolute Gasteiger partial charge is 0.323 e. The molecule has 0 unspecified atom stereocenters. The topological polar surface area (TPSA) is 88.2 Å². The van der Waals surface area contributed by atoms with Gasteiger partial charge in [-0.15, -0.1) is 0 Å². The van der Waals surface area contributed by atoms with E-state index in [1.807, 2.05) is 4.90 Å². The average Bonchev–Trinajstić information content (AvgIpc) is 3.12. The molecule has 5 amide bonds. The van der Waals surface area contributed by atoms with Crippen LogP contribution < -0.4 is 15.5 Å². The van der Waals surface area contributed by atoms with Crippen molar-refractivity contribution in [3.8, 4) is 0 Å². The Morgan fingerprint density at radius 2 is 1.90 bits per heavy atom. The molecule has 3 heterocycles. The zero-order valence-corrected chi connectivity index (χ0v) is 16.5. The number of nitrogens with one attached hydrogen (secondary N) is 2. The maximum atomic E-state index is 14.5. The fraction of sp³-hybridized carbons (Fsp3) is 0.526. The molecule has 2 N–H and O–H groups in total. The van der Waals surface area contributed by atoms with Gasteiger partial charge in [-0.3, -0.25) is 9.69 Å². The molecule has 3 aliphatic rings. The number of anilines is 2. The van der Waals surface area contributed by atoms with Gasteiger partial charge in [0.1, 0.15) is 24.7 Å². The summed E-state index contributed by atoms with van der Waals surface area (Å²) < 4.78 is 14.5. The minimum Gasteiger partial charge on any atom is -0.369 e. The summed E-state index contributed by atoms with van der Waals surface area (Å²) in [5, 5.41) is 5.34. The van der Waals surface area contributed by atoms with Crippen LogP contribution in [0.15, 0.2) is 18.2 Å². The van der Waals surface area contributed by atoms with Gasteiger partial charge in [0.15, 0.2) is 0 Å².